The van der Waals surface area contributed by atoms with Crippen LogP contribution in [-0.4, -0.2) is 52.2 Å². The maximum absolute atomic E-state index is 13.4. The number of rotatable bonds is 6. The molecule has 4 rings (SSSR count). The van der Waals surface area contributed by atoms with Gasteiger partial charge in [0.1, 0.15) is 5.82 Å². The molecule has 1 N–H and O–H groups in total. The van der Waals surface area contributed by atoms with Gasteiger partial charge in [-0.3, -0.25) is 14.8 Å². The second kappa shape index (κ2) is 8.78. The first kappa shape index (κ1) is 19.0. The normalized spacial score (nSPS) is 18.6. The Bertz CT molecular complexity index is 918. The number of hydrogen-bond donors (Lipinski definition) is 1. The molecule has 0 bridgehead atoms. The maximum Gasteiger partial charge on any atom is 0.123 e. The highest BCUT2D eigenvalue weighted by atomic mass is 19.1. The molecule has 0 amide bonds. The molecule has 1 saturated heterocycles. The van der Waals surface area contributed by atoms with Crippen molar-refractivity contribution in [3.8, 4) is 0 Å². The predicted octanol–water partition coefficient (Wildman–Crippen LogP) is 3.44. The monoisotopic (exact) mass is 379 g/mol. The largest absolute Gasteiger partial charge is 0.396 e. The fourth-order valence-electron chi connectivity index (χ4n) is 4.01. The van der Waals surface area contributed by atoms with Crippen molar-refractivity contribution in [2.24, 2.45) is 0 Å². The topological polar surface area (TPSA) is 39.6 Å². The highest BCUT2D eigenvalue weighted by Crippen LogP contribution is 2.19. The lowest BCUT2D eigenvalue weighted by atomic mass is 10.1. The molecular weight excluding hydrogens is 353 g/mol. The van der Waals surface area contributed by atoms with E-state index in [1.54, 1.807) is 6.07 Å². The smallest absolute Gasteiger partial charge is 0.123 e. The molecule has 0 unspecified atom stereocenters. The van der Waals surface area contributed by atoms with Crippen molar-refractivity contribution >= 4 is 10.9 Å². The van der Waals surface area contributed by atoms with Gasteiger partial charge in [0.15, 0.2) is 0 Å². The fraction of sp³-hybridized carbons (Fsp3) is 0.348. The van der Waals surface area contributed by atoms with E-state index in [-0.39, 0.29) is 12.4 Å². The van der Waals surface area contributed by atoms with Crippen molar-refractivity contribution in [2.75, 3.05) is 26.2 Å². The van der Waals surface area contributed by atoms with Crippen LogP contribution in [0.2, 0.25) is 0 Å². The second-order valence-electron chi connectivity index (χ2n) is 7.50. The minimum absolute atomic E-state index is 0.198. The molecule has 146 valence electrons. The van der Waals surface area contributed by atoms with E-state index in [1.165, 1.54) is 17.7 Å². The van der Waals surface area contributed by atoms with Gasteiger partial charge in [-0.15, -0.1) is 0 Å². The summed E-state index contributed by atoms with van der Waals surface area (Å²) in [5.74, 6) is -0.233. The Kier molecular flexibility index (Phi) is 5.95. The van der Waals surface area contributed by atoms with Crippen LogP contribution in [0.3, 0.4) is 0 Å². The molecule has 1 atom stereocenters. The van der Waals surface area contributed by atoms with Gasteiger partial charge in [0.25, 0.3) is 0 Å². The molecule has 4 nitrogen and oxygen atoms in total. The van der Waals surface area contributed by atoms with Crippen molar-refractivity contribution < 1.29 is 9.50 Å². The first-order chi connectivity index (χ1) is 13.7. The molecule has 1 aromatic heterocycles. The molecule has 28 heavy (non-hydrogen) atoms. The zero-order valence-corrected chi connectivity index (χ0v) is 16.0. The number of piperazine rings is 1. The number of fused-ring (bicyclic) bond motifs is 1. The lowest BCUT2D eigenvalue weighted by Gasteiger charge is -2.41. The average molecular weight is 379 g/mol. The van der Waals surface area contributed by atoms with Crippen LogP contribution in [0.4, 0.5) is 4.39 Å². The van der Waals surface area contributed by atoms with Gasteiger partial charge < -0.3 is 5.11 Å². The van der Waals surface area contributed by atoms with E-state index in [2.05, 4.69) is 34.1 Å². The van der Waals surface area contributed by atoms with Crippen LogP contribution in [0.5, 0.6) is 0 Å². The van der Waals surface area contributed by atoms with E-state index in [4.69, 9.17) is 4.98 Å². The summed E-state index contributed by atoms with van der Waals surface area (Å²) in [7, 11) is 0. The summed E-state index contributed by atoms with van der Waals surface area (Å²) in [6.45, 7) is 4.74. The van der Waals surface area contributed by atoms with Crippen LogP contribution in [0, 0.1) is 5.82 Å². The zero-order chi connectivity index (χ0) is 19.3. The summed E-state index contributed by atoms with van der Waals surface area (Å²) in [6, 6.07) is 19.5. The minimum atomic E-state index is -0.233. The molecule has 2 aromatic carbocycles. The van der Waals surface area contributed by atoms with Crippen molar-refractivity contribution in [1.29, 1.82) is 0 Å². The van der Waals surface area contributed by atoms with Crippen molar-refractivity contribution in [3.05, 3.63) is 77.7 Å². The number of aliphatic hydroxyl groups is 1. The third kappa shape index (κ3) is 4.55. The molecule has 1 aliphatic heterocycles. The Labute approximate surface area is 165 Å². The number of aliphatic hydroxyl groups excluding tert-OH is 1. The highest BCUT2D eigenvalue weighted by Gasteiger charge is 2.26. The Morgan fingerprint density at radius 2 is 1.86 bits per heavy atom. The van der Waals surface area contributed by atoms with Gasteiger partial charge in [-0.05, 0) is 36.2 Å². The average Bonchev–Trinajstić information content (AvgIpc) is 2.71. The molecule has 0 saturated carbocycles. The Hall–Kier alpha value is -2.34. The Morgan fingerprint density at radius 1 is 1.00 bits per heavy atom. The predicted molar refractivity (Wildman–Crippen MR) is 109 cm³/mol. The van der Waals surface area contributed by atoms with Gasteiger partial charge in [0.2, 0.25) is 0 Å². The van der Waals surface area contributed by atoms with Crippen molar-refractivity contribution in [3.63, 3.8) is 0 Å². The van der Waals surface area contributed by atoms with Gasteiger partial charge in [-0.2, -0.15) is 0 Å². The summed E-state index contributed by atoms with van der Waals surface area (Å²) in [4.78, 5) is 9.57. The Balaban J connectivity index is 1.43. The van der Waals surface area contributed by atoms with Gasteiger partial charge in [-0.1, -0.05) is 36.4 Å². The van der Waals surface area contributed by atoms with E-state index in [0.29, 0.717) is 6.04 Å². The van der Waals surface area contributed by atoms with Crippen LogP contribution in [-0.2, 0) is 13.1 Å². The summed E-state index contributed by atoms with van der Waals surface area (Å²) >= 11 is 0. The van der Waals surface area contributed by atoms with Crippen LogP contribution in [0.25, 0.3) is 10.9 Å². The Morgan fingerprint density at radius 3 is 2.68 bits per heavy atom. The standard InChI is InChI=1S/C23H26FN3O/c24-20-7-9-23-19(14-20)6-8-21(25-23)16-26-11-12-27(22(17-26)10-13-28)15-18-4-2-1-3-5-18/h1-9,14,22,28H,10-13,15-17H2/t22-/m1/s1. The molecule has 2 heterocycles. The van der Waals surface area contributed by atoms with Crippen molar-refractivity contribution in [2.45, 2.75) is 25.6 Å². The molecule has 0 aliphatic carbocycles. The molecule has 1 fully saturated rings. The number of nitrogens with zero attached hydrogens (tertiary/aromatic N) is 3. The van der Waals surface area contributed by atoms with E-state index < -0.39 is 0 Å². The van der Waals surface area contributed by atoms with Gasteiger partial charge in [-0.25, -0.2) is 4.39 Å². The number of halogens is 1. The first-order valence-electron chi connectivity index (χ1n) is 9.87. The minimum Gasteiger partial charge on any atom is -0.396 e. The quantitative estimate of drug-likeness (QED) is 0.712. The number of aromatic nitrogens is 1. The summed E-state index contributed by atoms with van der Waals surface area (Å²) < 4.78 is 13.4. The SMILES string of the molecule is OCC[C@@H]1CN(Cc2ccc3cc(F)ccc3n2)CCN1Cc1ccccc1. The van der Waals surface area contributed by atoms with Gasteiger partial charge >= 0.3 is 0 Å². The van der Waals surface area contributed by atoms with Crippen LogP contribution in [0.1, 0.15) is 17.7 Å². The number of hydrogen-bond acceptors (Lipinski definition) is 4. The van der Waals surface area contributed by atoms with Crippen molar-refractivity contribution in [1.82, 2.24) is 14.8 Å². The number of pyridine rings is 1. The van der Waals surface area contributed by atoms with E-state index in [0.717, 1.165) is 55.7 Å². The number of benzene rings is 2. The van der Waals surface area contributed by atoms with E-state index >= 15 is 0 Å². The zero-order valence-electron chi connectivity index (χ0n) is 16.0. The first-order valence-corrected chi connectivity index (χ1v) is 9.87. The third-order valence-corrected chi connectivity index (χ3v) is 5.47. The highest BCUT2D eigenvalue weighted by molar-refractivity contribution is 5.78. The summed E-state index contributed by atoms with van der Waals surface area (Å²) in [5.41, 5.74) is 3.13. The molecular formula is C23H26FN3O. The lowest BCUT2D eigenvalue weighted by Crippen LogP contribution is -2.52. The molecule has 3 aromatic rings. The van der Waals surface area contributed by atoms with Gasteiger partial charge in [0, 0.05) is 50.8 Å². The fourth-order valence-corrected chi connectivity index (χ4v) is 4.01. The molecule has 0 spiro atoms. The van der Waals surface area contributed by atoms with Crippen LogP contribution < -0.4 is 0 Å². The maximum atomic E-state index is 13.4. The molecule has 5 heteroatoms. The van der Waals surface area contributed by atoms with Crippen LogP contribution >= 0.6 is 0 Å². The van der Waals surface area contributed by atoms with Crippen LogP contribution in [0.15, 0.2) is 60.7 Å². The third-order valence-electron chi connectivity index (χ3n) is 5.47. The summed E-state index contributed by atoms with van der Waals surface area (Å²) in [5, 5.41) is 10.4. The summed E-state index contributed by atoms with van der Waals surface area (Å²) in [6.07, 6.45) is 0.772. The molecule has 1 aliphatic rings. The lowest BCUT2D eigenvalue weighted by molar-refractivity contribution is 0.0494. The van der Waals surface area contributed by atoms with E-state index in [1.807, 2.05) is 18.2 Å². The van der Waals surface area contributed by atoms with Gasteiger partial charge in [0.05, 0.1) is 11.2 Å². The van der Waals surface area contributed by atoms with E-state index in [9.17, 15) is 9.50 Å². The second-order valence-corrected chi connectivity index (χ2v) is 7.50. The molecule has 0 radical (unpaired) electrons.